The minimum absolute atomic E-state index is 0. The molecule has 0 atom stereocenters. The lowest BCUT2D eigenvalue weighted by molar-refractivity contribution is -0.158. The first kappa shape index (κ1) is 32.3. The number of carbonyl (C=O) groups is 3. The molecule has 0 spiro atoms. The van der Waals surface area contributed by atoms with Crippen molar-refractivity contribution in [1.82, 2.24) is 4.90 Å². The van der Waals surface area contributed by atoms with Gasteiger partial charge in [0.15, 0.2) is 0 Å². The molecule has 0 unspecified atom stereocenters. The molecule has 10 heteroatoms. The minimum atomic E-state index is -0.649. The Morgan fingerprint density at radius 3 is 2.11 bits per heavy atom. The van der Waals surface area contributed by atoms with E-state index in [4.69, 9.17) is 25.4 Å². The van der Waals surface area contributed by atoms with Crippen LogP contribution in [0, 0.1) is 5.41 Å². The molecule has 0 aliphatic carbocycles. The van der Waals surface area contributed by atoms with Crippen molar-refractivity contribution >= 4 is 42.2 Å². The first-order valence-corrected chi connectivity index (χ1v) is 11.8. The number of methoxy groups -OCH3 is 1. The molecule has 0 aromatic heterocycles. The Labute approximate surface area is 229 Å². The van der Waals surface area contributed by atoms with E-state index in [1.807, 2.05) is 0 Å². The van der Waals surface area contributed by atoms with Gasteiger partial charge in [0.2, 0.25) is 5.91 Å². The lowest BCUT2D eigenvalue weighted by Gasteiger charge is -2.25. The number of halogens is 1. The number of carbonyl (C=O) groups excluding carboxylic acids is 3. The largest absolute Gasteiger partial charge is 0.459 e. The zero-order chi connectivity index (χ0) is 27.6. The topological polar surface area (TPSA) is 132 Å². The SMILES string of the molecule is COCCCN(CC(=O)OC(C)(C)C)C(=O)C(C)=Cc1ccc(C(=O)Oc2ccc(C(=N)N)cc2)cc1.Cl. The molecule has 0 saturated heterocycles. The summed E-state index contributed by atoms with van der Waals surface area (Å²) in [7, 11) is 1.58. The second kappa shape index (κ2) is 14.9. The lowest BCUT2D eigenvalue weighted by Crippen LogP contribution is -2.40. The van der Waals surface area contributed by atoms with Crippen LogP contribution in [0.15, 0.2) is 54.1 Å². The standard InChI is InChI=1S/C28H35N3O6.ClH/c1-19(26(33)31(15-6-16-35-5)18-24(32)37-28(2,3)4)17-20-7-9-22(10-8-20)27(34)36-23-13-11-21(12-14-23)25(29)30;/h7-14,17H,6,15-16,18H2,1-5H3,(H3,29,30);1H. The maximum atomic E-state index is 13.1. The highest BCUT2D eigenvalue weighted by Crippen LogP contribution is 2.16. The number of amidine groups is 1. The third-order valence-corrected chi connectivity index (χ3v) is 5.05. The van der Waals surface area contributed by atoms with Gasteiger partial charge in [-0.3, -0.25) is 15.0 Å². The van der Waals surface area contributed by atoms with Gasteiger partial charge in [-0.25, -0.2) is 4.79 Å². The first-order chi connectivity index (χ1) is 17.4. The van der Waals surface area contributed by atoms with E-state index < -0.39 is 17.5 Å². The van der Waals surface area contributed by atoms with Crippen LogP contribution in [-0.2, 0) is 19.1 Å². The van der Waals surface area contributed by atoms with Gasteiger partial charge in [-0.05, 0) is 82.2 Å². The third kappa shape index (κ3) is 10.7. The van der Waals surface area contributed by atoms with Crippen molar-refractivity contribution in [3.63, 3.8) is 0 Å². The molecule has 0 saturated carbocycles. The molecule has 0 bridgehead atoms. The van der Waals surface area contributed by atoms with Crippen LogP contribution >= 0.6 is 12.4 Å². The van der Waals surface area contributed by atoms with Crippen molar-refractivity contribution < 1.29 is 28.6 Å². The third-order valence-electron chi connectivity index (χ3n) is 5.05. The van der Waals surface area contributed by atoms with Crippen molar-refractivity contribution in [2.24, 2.45) is 5.73 Å². The molecule has 2 aromatic carbocycles. The average molecular weight is 546 g/mol. The summed E-state index contributed by atoms with van der Waals surface area (Å²) in [5, 5.41) is 7.42. The molecule has 9 nitrogen and oxygen atoms in total. The van der Waals surface area contributed by atoms with E-state index in [1.54, 1.807) is 89.4 Å². The Bertz CT molecular complexity index is 1140. The van der Waals surface area contributed by atoms with Gasteiger partial charge in [0.05, 0.1) is 5.56 Å². The Hall–Kier alpha value is -3.69. The minimum Gasteiger partial charge on any atom is -0.459 e. The van der Waals surface area contributed by atoms with Crippen LogP contribution in [0.25, 0.3) is 6.08 Å². The van der Waals surface area contributed by atoms with Gasteiger partial charge in [0, 0.05) is 31.4 Å². The summed E-state index contributed by atoms with van der Waals surface area (Å²) < 4.78 is 15.8. The van der Waals surface area contributed by atoms with Gasteiger partial charge >= 0.3 is 11.9 Å². The number of hydrogen-bond acceptors (Lipinski definition) is 7. The number of esters is 2. The predicted octanol–water partition coefficient (Wildman–Crippen LogP) is 4.22. The van der Waals surface area contributed by atoms with Crippen LogP contribution in [0.4, 0.5) is 0 Å². The number of amides is 1. The second-order valence-electron chi connectivity index (χ2n) is 9.44. The predicted molar refractivity (Wildman–Crippen MR) is 149 cm³/mol. The normalized spacial score (nSPS) is 11.2. The Kier molecular flexibility index (Phi) is 12.7. The van der Waals surface area contributed by atoms with Gasteiger partial charge in [-0.15, -0.1) is 12.4 Å². The smallest absolute Gasteiger partial charge is 0.343 e. The molecule has 1 amide bonds. The zero-order valence-corrected chi connectivity index (χ0v) is 23.2. The fraction of sp³-hybridized carbons (Fsp3) is 0.357. The Balaban J connectivity index is 0.00000722. The number of nitrogen functional groups attached to an aromatic ring is 1. The van der Waals surface area contributed by atoms with Crippen LogP contribution in [0.3, 0.4) is 0 Å². The molecule has 206 valence electrons. The highest BCUT2D eigenvalue weighted by Gasteiger charge is 2.23. The number of nitrogens with two attached hydrogens (primary N) is 1. The summed E-state index contributed by atoms with van der Waals surface area (Å²) in [4.78, 5) is 39.4. The summed E-state index contributed by atoms with van der Waals surface area (Å²) >= 11 is 0. The molecule has 2 rings (SSSR count). The van der Waals surface area contributed by atoms with Gasteiger partial charge in [-0.1, -0.05) is 12.1 Å². The van der Waals surface area contributed by atoms with E-state index in [9.17, 15) is 14.4 Å². The summed E-state index contributed by atoms with van der Waals surface area (Å²) in [6.45, 7) is 7.63. The van der Waals surface area contributed by atoms with Crippen LogP contribution in [0.2, 0.25) is 0 Å². The van der Waals surface area contributed by atoms with Crippen molar-refractivity contribution in [3.05, 3.63) is 70.8 Å². The summed E-state index contributed by atoms with van der Waals surface area (Å²) in [5.41, 5.74) is 6.79. The number of ether oxygens (including phenoxy) is 3. The average Bonchev–Trinajstić information content (AvgIpc) is 2.82. The van der Waals surface area contributed by atoms with Crippen molar-refractivity contribution in [1.29, 1.82) is 5.41 Å². The Morgan fingerprint density at radius 2 is 1.58 bits per heavy atom. The monoisotopic (exact) mass is 545 g/mol. The summed E-state index contributed by atoms with van der Waals surface area (Å²) in [6, 6.07) is 12.9. The maximum Gasteiger partial charge on any atom is 0.343 e. The van der Waals surface area contributed by atoms with E-state index in [-0.39, 0.29) is 30.7 Å². The number of nitrogens with one attached hydrogen (secondary N) is 1. The fourth-order valence-corrected chi connectivity index (χ4v) is 3.33. The van der Waals surface area contributed by atoms with E-state index in [0.29, 0.717) is 47.6 Å². The maximum absolute atomic E-state index is 13.1. The Morgan fingerprint density at radius 1 is 1.00 bits per heavy atom. The van der Waals surface area contributed by atoms with E-state index in [0.717, 1.165) is 0 Å². The molecule has 0 aliphatic rings. The van der Waals surface area contributed by atoms with Crippen LogP contribution in [0.5, 0.6) is 5.75 Å². The van der Waals surface area contributed by atoms with E-state index >= 15 is 0 Å². The lowest BCUT2D eigenvalue weighted by atomic mass is 10.1. The van der Waals surface area contributed by atoms with Crippen LogP contribution in [-0.4, -0.2) is 61.0 Å². The fourth-order valence-electron chi connectivity index (χ4n) is 3.33. The molecular weight excluding hydrogens is 510 g/mol. The zero-order valence-electron chi connectivity index (χ0n) is 22.4. The van der Waals surface area contributed by atoms with Gasteiger partial charge < -0.3 is 24.8 Å². The molecule has 2 aromatic rings. The quantitative estimate of drug-likeness (QED) is 0.108. The summed E-state index contributed by atoms with van der Waals surface area (Å²) in [6.07, 6.45) is 2.27. The molecule has 0 heterocycles. The molecule has 0 fully saturated rings. The molecule has 38 heavy (non-hydrogen) atoms. The number of nitrogens with zero attached hydrogens (tertiary/aromatic N) is 1. The van der Waals surface area contributed by atoms with Crippen LogP contribution < -0.4 is 10.5 Å². The number of benzene rings is 2. The van der Waals surface area contributed by atoms with Crippen molar-refractivity contribution in [2.45, 2.75) is 39.7 Å². The van der Waals surface area contributed by atoms with Gasteiger partial charge in [0.25, 0.3) is 0 Å². The highest BCUT2D eigenvalue weighted by molar-refractivity contribution is 5.99. The van der Waals surface area contributed by atoms with Gasteiger partial charge in [-0.2, -0.15) is 0 Å². The first-order valence-electron chi connectivity index (χ1n) is 11.8. The highest BCUT2D eigenvalue weighted by atomic mass is 35.5. The number of rotatable bonds is 11. The molecule has 3 N–H and O–H groups in total. The van der Waals surface area contributed by atoms with Crippen molar-refractivity contribution in [3.8, 4) is 5.75 Å². The van der Waals surface area contributed by atoms with E-state index in [1.165, 1.54) is 4.90 Å². The van der Waals surface area contributed by atoms with Gasteiger partial charge in [0.1, 0.15) is 23.7 Å². The van der Waals surface area contributed by atoms with E-state index in [2.05, 4.69) is 0 Å². The second-order valence-corrected chi connectivity index (χ2v) is 9.44. The molecule has 0 radical (unpaired) electrons. The number of hydrogen-bond donors (Lipinski definition) is 2. The molecule has 0 aliphatic heterocycles. The van der Waals surface area contributed by atoms with Crippen molar-refractivity contribution in [2.75, 3.05) is 26.8 Å². The molecular formula is C28H36ClN3O6. The van der Waals surface area contributed by atoms with Crippen LogP contribution in [0.1, 0.15) is 55.6 Å². The summed E-state index contributed by atoms with van der Waals surface area (Å²) in [5.74, 6) is -1.05.